The van der Waals surface area contributed by atoms with Gasteiger partial charge in [0.2, 0.25) is 5.96 Å². The lowest BCUT2D eigenvalue weighted by atomic mass is 10.2. The van der Waals surface area contributed by atoms with Crippen molar-refractivity contribution < 1.29 is 19.1 Å². The van der Waals surface area contributed by atoms with Crippen molar-refractivity contribution in [1.82, 2.24) is 20.2 Å². The van der Waals surface area contributed by atoms with Gasteiger partial charge in [-0.25, -0.2) is 14.6 Å². The topological polar surface area (TPSA) is 107 Å². The monoisotopic (exact) mass is 367 g/mol. The van der Waals surface area contributed by atoms with Crippen LogP contribution in [0, 0.1) is 0 Å². The van der Waals surface area contributed by atoms with Crippen molar-refractivity contribution in [2.45, 2.75) is 65.7 Å². The number of nitrogens with one attached hydrogen (secondary N) is 2. The van der Waals surface area contributed by atoms with E-state index < -0.39 is 23.4 Å². The van der Waals surface area contributed by atoms with E-state index in [0.29, 0.717) is 13.0 Å². The van der Waals surface area contributed by atoms with E-state index in [2.05, 4.69) is 20.6 Å². The molecule has 2 amide bonds. The number of aliphatic imine (C=N–C) groups is 1. The summed E-state index contributed by atoms with van der Waals surface area (Å²) in [7, 11) is 0. The van der Waals surface area contributed by atoms with Crippen LogP contribution in [0.4, 0.5) is 9.59 Å². The van der Waals surface area contributed by atoms with Gasteiger partial charge < -0.3 is 14.0 Å². The van der Waals surface area contributed by atoms with E-state index in [0.717, 1.165) is 6.54 Å². The molecular formula is C17H29N5O4. The molecule has 2 N–H and O–H groups in total. The largest absolute Gasteiger partial charge is 0.444 e. The normalized spacial score (nSPS) is 11.5. The molecule has 1 rings (SSSR count). The third kappa shape index (κ3) is 10.3. The zero-order valence-electron chi connectivity index (χ0n) is 16.3. The molecule has 0 aromatic carbocycles. The Bertz CT molecular complexity index is 580. The summed E-state index contributed by atoms with van der Waals surface area (Å²) in [4.78, 5) is 32.1. The molecule has 0 saturated carbocycles. The SMILES string of the molecule is CC(C)(C)OC(=O)NC(=NCCCn1ccnc1)NC(=O)OC(C)(C)C. The number of ether oxygens (including phenoxy) is 2. The standard InChI is InChI=1S/C17H29N5O4/c1-16(2,3)25-14(23)20-13(21-15(24)26-17(4,5)6)19-8-7-10-22-11-9-18-12-22/h9,11-12H,7-8,10H2,1-6H3,(H2,19,20,21,23,24). The van der Waals surface area contributed by atoms with E-state index in [1.807, 2.05) is 10.8 Å². The van der Waals surface area contributed by atoms with Gasteiger partial charge in [0.15, 0.2) is 0 Å². The molecule has 146 valence electrons. The number of guanidine groups is 1. The van der Waals surface area contributed by atoms with Crippen molar-refractivity contribution >= 4 is 18.1 Å². The van der Waals surface area contributed by atoms with Gasteiger partial charge in [0.25, 0.3) is 0 Å². The summed E-state index contributed by atoms with van der Waals surface area (Å²) < 4.78 is 12.3. The molecule has 0 bridgehead atoms. The van der Waals surface area contributed by atoms with Gasteiger partial charge in [-0.15, -0.1) is 0 Å². The van der Waals surface area contributed by atoms with Crippen molar-refractivity contribution in [3.63, 3.8) is 0 Å². The number of amides is 2. The van der Waals surface area contributed by atoms with Crippen LogP contribution in [0.2, 0.25) is 0 Å². The second-order valence-electron chi connectivity index (χ2n) is 7.64. The Hall–Kier alpha value is -2.58. The molecule has 9 nitrogen and oxygen atoms in total. The van der Waals surface area contributed by atoms with E-state index in [1.165, 1.54) is 0 Å². The van der Waals surface area contributed by atoms with Crippen molar-refractivity contribution in [3.8, 4) is 0 Å². The molecule has 26 heavy (non-hydrogen) atoms. The molecule has 9 heteroatoms. The molecule has 1 aromatic rings. The highest BCUT2D eigenvalue weighted by Gasteiger charge is 2.21. The van der Waals surface area contributed by atoms with E-state index in [-0.39, 0.29) is 5.96 Å². The first-order chi connectivity index (χ1) is 11.9. The third-order valence-electron chi connectivity index (χ3n) is 2.64. The van der Waals surface area contributed by atoms with Crippen molar-refractivity contribution in [2.75, 3.05) is 6.54 Å². The number of aryl methyl sites for hydroxylation is 1. The van der Waals surface area contributed by atoms with Gasteiger partial charge in [-0.05, 0) is 48.0 Å². The van der Waals surface area contributed by atoms with Crippen molar-refractivity contribution in [3.05, 3.63) is 18.7 Å². The van der Waals surface area contributed by atoms with Crippen molar-refractivity contribution in [1.29, 1.82) is 0 Å². The smallest absolute Gasteiger partial charge is 0.414 e. The van der Waals surface area contributed by atoms with E-state index in [4.69, 9.17) is 9.47 Å². The molecule has 0 saturated heterocycles. The van der Waals surface area contributed by atoms with Crippen LogP contribution < -0.4 is 10.6 Å². The van der Waals surface area contributed by atoms with Crippen LogP contribution in [0.1, 0.15) is 48.0 Å². The van der Waals surface area contributed by atoms with Crippen LogP contribution in [0.3, 0.4) is 0 Å². The average molecular weight is 367 g/mol. The summed E-state index contributed by atoms with van der Waals surface area (Å²) in [5.41, 5.74) is -1.33. The lowest BCUT2D eigenvalue weighted by Crippen LogP contribution is -2.47. The molecule has 0 atom stereocenters. The Morgan fingerprint density at radius 1 is 1.04 bits per heavy atom. The second kappa shape index (κ2) is 9.21. The van der Waals surface area contributed by atoms with Gasteiger partial charge in [-0.1, -0.05) is 0 Å². The molecule has 0 fully saturated rings. The van der Waals surface area contributed by atoms with Gasteiger partial charge >= 0.3 is 12.2 Å². The first-order valence-electron chi connectivity index (χ1n) is 8.45. The van der Waals surface area contributed by atoms with Crippen LogP contribution in [0.25, 0.3) is 0 Å². The fraction of sp³-hybridized carbons (Fsp3) is 0.647. The summed E-state index contributed by atoms with van der Waals surface area (Å²) >= 11 is 0. The van der Waals surface area contributed by atoms with Gasteiger partial charge in [-0.2, -0.15) is 0 Å². The fourth-order valence-electron chi connectivity index (χ4n) is 1.77. The summed E-state index contributed by atoms with van der Waals surface area (Å²) in [6, 6.07) is 0. The molecule has 0 unspecified atom stereocenters. The molecular weight excluding hydrogens is 338 g/mol. The number of rotatable bonds is 4. The zero-order chi connectivity index (χ0) is 19.8. The number of carbonyl (C=O) groups is 2. The lowest BCUT2D eigenvalue weighted by Gasteiger charge is -2.22. The average Bonchev–Trinajstić information content (AvgIpc) is 2.92. The number of aromatic nitrogens is 2. The Morgan fingerprint density at radius 3 is 2.00 bits per heavy atom. The minimum atomic E-state index is -0.707. The number of hydrogen-bond acceptors (Lipinski definition) is 6. The van der Waals surface area contributed by atoms with Crippen LogP contribution in [0.15, 0.2) is 23.7 Å². The predicted molar refractivity (Wildman–Crippen MR) is 97.9 cm³/mol. The summed E-state index contributed by atoms with van der Waals surface area (Å²) in [5.74, 6) is -0.0147. The summed E-state index contributed by atoms with van der Waals surface area (Å²) in [6.45, 7) is 11.6. The molecule has 0 aliphatic carbocycles. The Morgan fingerprint density at radius 2 is 1.58 bits per heavy atom. The van der Waals surface area contributed by atoms with E-state index >= 15 is 0 Å². The maximum atomic E-state index is 11.9. The number of carbonyl (C=O) groups excluding carboxylic acids is 2. The van der Waals surface area contributed by atoms with Crippen LogP contribution in [-0.4, -0.2) is 45.4 Å². The molecule has 0 radical (unpaired) electrons. The van der Waals surface area contributed by atoms with Gasteiger partial charge in [0, 0.05) is 25.5 Å². The third-order valence-corrected chi connectivity index (χ3v) is 2.64. The summed E-state index contributed by atoms with van der Waals surface area (Å²) in [5, 5.41) is 4.88. The fourth-order valence-corrected chi connectivity index (χ4v) is 1.77. The summed E-state index contributed by atoms with van der Waals surface area (Å²) in [6.07, 6.45) is 4.54. The quantitative estimate of drug-likeness (QED) is 0.483. The highest BCUT2D eigenvalue weighted by atomic mass is 16.6. The maximum Gasteiger partial charge on any atom is 0.414 e. The molecule has 1 aromatic heterocycles. The minimum Gasteiger partial charge on any atom is -0.444 e. The minimum absolute atomic E-state index is 0.0147. The first kappa shape index (κ1) is 21.5. The highest BCUT2D eigenvalue weighted by molar-refractivity contribution is 6.01. The van der Waals surface area contributed by atoms with Gasteiger partial charge in [0.05, 0.1) is 6.33 Å². The Kier molecular flexibility index (Phi) is 7.60. The van der Waals surface area contributed by atoms with Gasteiger partial charge in [0.1, 0.15) is 11.2 Å². The van der Waals surface area contributed by atoms with Gasteiger partial charge in [-0.3, -0.25) is 15.6 Å². The predicted octanol–water partition coefficient (Wildman–Crippen LogP) is 2.68. The number of alkyl carbamates (subject to hydrolysis) is 2. The lowest BCUT2D eigenvalue weighted by molar-refractivity contribution is 0.0545. The van der Waals surface area contributed by atoms with Crippen LogP contribution in [0.5, 0.6) is 0 Å². The van der Waals surface area contributed by atoms with Crippen molar-refractivity contribution in [2.24, 2.45) is 4.99 Å². The number of imidazole rings is 1. The molecule has 1 heterocycles. The maximum absolute atomic E-state index is 11.9. The number of nitrogens with zero attached hydrogens (tertiary/aromatic N) is 3. The molecule has 0 spiro atoms. The van der Waals surface area contributed by atoms with Crippen LogP contribution in [-0.2, 0) is 16.0 Å². The number of hydrogen-bond donors (Lipinski definition) is 2. The highest BCUT2D eigenvalue weighted by Crippen LogP contribution is 2.07. The first-order valence-corrected chi connectivity index (χ1v) is 8.45. The van der Waals surface area contributed by atoms with Crippen LogP contribution >= 0.6 is 0 Å². The second-order valence-corrected chi connectivity index (χ2v) is 7.64. The molecule has 0 aliphatic rings. The van der Waals surface area contributed by atoms with E-state index in [9.17, 15) is 9.59 Å². The molecule has 0 aliphatic heterocycles. The Balaban J connectivity index is 2.65. The zero-order valence-corrected chi connectivity index (χ0v) is 16.3. The van der Waals surface area contributed by atoms with E-state index in [1.54, 1.807) is 54.1 Å². The Labute approximate surface area is 154 Å².